The second kappa shape index (κ2) is 8.14. The van der Waals surface area contributed by atoms with E-state index in [9.17, 15) is 0 Å². The molecule has 22 heavy (non-hydrogen) atoms. The first-order valence-electron chi connectivity index (χ1n) is 8.50. The number of hydrogen-bond donors (Lipinski definition) is 1. The standard InChI is InChI=1S/C21H29N/c1-4-17-5-7-18(8-6-17)11-14-21(22)20-12-9-19(10-13-20)15-16(2)3/h5-10,12-13,16,21H,4,11,14-15,22H2,1-3H3. The van der Waals surface area contributed by atoms with Crippen molar-refractivity contribution < 1.29 is 0 Å². The molecule has 0 aliphatic rings. The molecule has 0 amide bonds. The van der Waals surface area contributed by atoms with Gasteiger partial charge in [-0.25, -0.2) is 0 Å². The zero-order chi connectivity index (χ0) is 15.9. The Morgan fingerprint density at radius 1 is 0.818 bits per heavy atom. The Hall–Kier alpha value is -1.60. The molecule has 0 saturated carbocycles. The lowest BCUT2D eigenvalue weighted by Gasteiger charge is -2.13. The van der Waals surface area contributed by atoms with E-state index in [1.807, 2.05) is 0 Å². The van der Waals surface area contributed by atoms with Crippen LogP contribution < -0.4 is 5.73 Å². The van der Waals surface area contributed by atoms with E-state index in [0.717, 1.165) is 25.7 Å². The van der Waals surface area contributed by atoms with Gasteiger partial charge in [0.25, 0.3) is 0 Å². The highest BCUT2D eigenvalue weighted by molar-refractivity contribution is 5.26. The van der Waals surface area contributed by atoms with E-state index in [1.165, 1.54) is 22.3 Å². The summed E-state index contributed by atoms with van der Waals surface area (Å²) in [4.78, 5) is 0. The van der Waals surface area contributed by atoms with E-state index >= 15 is 0 Å². The maximum Gasteiger partial charge on any atom is 0.0298 e. The topological polar surface area (TPSA) is 26.0 Å². The summed E-state index contributed by atoms with van der Waals surface area (Å²) in [6.07, 6.45) is 4.27. The predicted molar refractivity (Wildman–Crippen MR) is 96.1 cm³/mol. The van der Waals surface area contributed by atoms with Crippen molar-refractivity contribution in [3.63, 3.8) is 0 Å². The van der Waals surface area contributed by atoms with Gasteiger partial charge in [0.05, 0.1) is 0 Å². The van der Waals surface area contributed by atoms with Crippen LogP contribution in [0.4, 0.5) is 0 Å². The molecule has 0 bridgehead atoms. The smallest absolute Gasteiger partial charge is 0.0298 e. The molecule has 2 aromatic carbocycles. The Morgan fingerprint density at radius 3 is 1.91 bits per heavy atom. The largest absolute Gasteiger partial charge is 0.324 e. The lowest BCUT2D eigenvalue weighted by molar-refractivity contribution is 0.640. The maximum absolute atomic E-state index is 6.35. The van der Waals surface area contributed by atoms with Crippen LogP contribution in [0.15, 0.2) is 48.5 Å². The number of hydrogen-bond acceptors (Lipinski definition) is 1. The SMILES string of the molecule is CCc1ccc(CCC(N)c2ccc(CC(C)C)cc2)cc1. The molecular weight excluding hydrogens is 266 g/mol. The molecule has 0 radical (unpaired) electrons. The van der Waals surface area contributed by atoms with Gasteiger partial charge in [0, 0.05) is 6.04 Å². The summed E-state index contributed by atoms with van der Waals surface area (Å²) in [7, 11) is 0. The van der Waals surface area contributed by atoms with Crippen molar-refractivity contribution in [2.24, 2.45) is 11.7 Å². The molecule has 0 heterocycles. The summed E-state index contributed by atoms with van der Waals surface area (Å²) >= 11 is 0. The molecule has 0 aromatic heterocycles. The molecule has 0 saturated heterocycles. The van der Waals surface area contributed by atoms with E-state index < -0.39 is 0 Å². The summed E-state index contributed by atoms with van der Waals surface area (Å²) in [5.74, 6) is 0.700. The van der Waals surface area contributed by atoms with Gasteiger partial charge in [0.15, 0.2) is 0 Å². The van der Waals surface area contributed by atoms with Crippen molar-refractivity contribution in [1.82, 2.24) is 0 Å². The molecule has 1 nitrogen and oxygen atoms in total. The summed E-state index contributed by atoms with van der Waals surface area (Å²) in [6, 6.07) is 17.9. The van der Waals surface area contributed by atoms with Crippen LogP contribution in [-0.2, 0) is 19.3 Å². The molecule has 2 rings (SSSR count). The van der Waals surface area contributed by atoms with Gasteiger partial charge < -0.3 is 5.73 Å². The van der Waals surface area contributed by atoms with E-state index in [0.29, 0.717) is 5.92 Å². The van der Waals surface area contributed by atoms with Crippen LogP contribution >= 0.6 is 0 Å². The molecule has 0 spiro atoms. The van der Waals surface area contributed by atoms with Crippen LogP contribution in [0, 0.1) is 5.92 Å². The highest BCUT2D eigenvalue weighted by Gasteiger charge is 2.07. The number of aryl methyl sites for hydroxylation is 2. The molecule has 1 atom stereocenters. The second-order valence-electron chi connectivity index (χ2n) is 6.65. The van der Waals surface area contributed by atoms with Crippen LogP contribution in [0.5, 0.6) is 0 Å². The van der Waals surface area contributed by atoms with E-state index in [-0.39, 0.29) is 6.04 Å². The predicted octanol–water partition coefficient (Wildman–Crippen LogP) is 5.08. The average molecular weight is 295 g/mol. The summed E-state index contributed by atoms with van der Waals surface area (Å²) in [5.41, 5.74) is 11.8. The molecule has 0 aliphatic heterocycles. The zero-order valence-electron chi connectivity index (χ0n) is 14.2. The van der Waals surface area contributed by atoms with Crippen molar-refractivity contribution in [3.05, 3.63) is 70.8 Å². The molecule has 2 aromatic rings. The molecule has 0 fully saturated rings. The third-order valence-electron chi connectivity index (χ3n) is 4.23. The second-order valence-corrected chi connectivity index (χ2v) is 6.65. The number of nitrogens with two attached hydrogens (primary N) is 1. The quantitative estimate of drug-likeness (QED) is 0.757. The highest BCUT2D eigenvalue weighted by Crippen LogP contribution is 2.19. The van der Waals surface area contributed by atoms with Crippen molar-refractivity contribution in [3.8, 4) is 0 Å². The van der Waals surface area contributed by atoms with Gasteiger partial charge in [0.1, 0.15) is 0 Å². The number of rotatable bonds is 7. The van der Waals surface area contributed by atoms with Crippen LogP contribution in [0.3, 0.4) is 0 Å². The van der Waals surface area contributed by atoms with Gasteiger partial charge in [-0.2, -0.15) is 0 Å². The molecular formula is C21H29N. The van der Waals surface area contributed by atoms with Gasteiger partial charge in [-0.3, -0.25) is 0 Å². The summed E-state index contributed by atoms with van der Waals surface area (Å²) in [5, 5.41) is 0. The van der Waals surface area contributed by atoms with E-state index in [1.54, 1.807) is 0 Å². The average Bonchev–Trinajstić information content (AvgIpc) is 2.53. The van der Waals surface area contributed by atoms with Crippen LogP contribution in [0.1, 0.15) is 55.5 Å². The molecule has 2 N–H and O–H groups in total. The first kappa shape index (κ1) is 16.8. The van der Waals surface area contributed by atoms with Gasteiger partial charge in [-0.05, 0) is 53.9 Å². The van der Waals surface area contributed by atoms with Crippen LogP contribution in [0.25, 0.3) is 0 Å². The van der Waals surface area contributed by atoms with Crippen LogP contribution in [0.2, 0.25) is 0 Å². The van der Waals surface area contributed by atoms with Crippen molar-refractivity contribution in [1.29, 1.82) is 0 Å². The lowest BCUT2D eigenvalue weighted by Crippen LogP contribution is -2.11. The molecule has 1 heteroatoms. The minimum absolute atomic E-state index is 0.124. The maximum atomic E-state index is 6.35. The van der Waals surface area contributed by atoms with Gasteiger partial charge >= 0.3 is 0 Å². The zero-order valence-corrected chi connectivity index (χ0v) is 14.2. The Balaban J connectivity index is 1.89. The minimum atomic E-state index is 0.124. The van der Waals surface area contributed by atoms with Gasteiger partial charge in [-0.15, -0.1) is 0 Å². The van der Waals surface area contributed by atoms with Crippen molar-refractivity contribution in [2.45, 2.75) is 52.5 Å². The van der Waals surface area contributed by atoms with Crippen molar-refractivity contribution in [2.75, 3.05) is 0 Å². The first-order valence-corrected chi connectivity index (χ1v) is 8.50. The molecule has 118 valence electrons. The summed E-state index contributed by atoms with van der Waals surface area (Å²) < 4.78 is 0. The fourth-order valence-corrected chi connectivity index (χ4v) is 2.80. The van der Waals surface area contributed by atoms with Gasteiger partial charge in [0.2, 0.25) is 0 Å². The first-order chi connectivity index (χ1) is 10.6. The minimum Gasteiger partial charge on any atom is -0.324 e. The van der Waals surface area contributed by atoms with Gasteiger partial charge in [-0.1, -0.05) is 69.3 Å². The normalized spacial score (nSPS) is 12.6. The Kier molecular flexibility index (Phi) is 6.21. The fourth-order valence-electron chi connectivity index (χ4n) is 2.80. The monoisotopic (exact) mass is 295 g/mol. The third-order valence-corrected chi connectivity index (χ3v) is 4.23. The third kappa shape index (κ3) is 4.99. The Bertz CT molecular complexity index is 551. The van der Waals surface area contributed by atoms with Crippen LogP contribution in [-0.4, -0.2) is 0 Å². The fraction of sp³-hybridized carbons (Fsp3) is 0.429. The highest BCUT2D eigenvalue weighted by atomic mass is 14.6. The Morgan fingerprint density at radius 2 is 1.36 bits per heavy atom. The number of benzene rings is 2. The van der Waals surface area contributed by atoms with E-state index in [4.69, 9.17) is 5.73 Å². The van der Waals surface area contributed by atoms with E-state index in [2.05, 4.69) is 69.3 Å². The Labute approximate surface area is 135 Å². The molecule has 0 aliphatic carbocycles. The van der Waals surface area contributed by atoms with Crippen molar-refractivity contribution >= 4 is 0 Å². The lowest BCUT2D eigenvalue weighted by atomic mass is 9.96. The molecule has 1 unspecified atom stereocenters. The summed E-state index contributed by atoms with van der Waals surface area (Å²) in [6.45, 7) is 6.70.